The number of aliphatic hydroxyl groups excluding tert-OH is 1. The number of fused-ring (bicyclic) bond motifs is 1. The molecule has 1 saturated carbocycles. The van der Waals surface area contributed by atoms with Crippen molar-refractivity contribution >= 4 is 16.9 Å². The molecule has 0 spiro atoms. The second-order valence-electron chi connectivity index (χ2n) is 5.95. The summed E-state index contributed by atoms with van der Waals surface area (Å²) < 4.78 is 1.81. The van der Waals surface area contributed by atoms with Crippen molar-refractivity contribution in [3.05, 3.63) is 12.0 Å². The van der Waals surface area contributed by atoms with E-state index in [4.69, 9.17) is 9.97 Å². The lowest BCUT2D eigenvalue weighted by molar-refractivity contribution is 0.141. The van der Waals surface area contributed by atoms with Gasteiger partial charge in [-0.3, -0.25) is 4.68 Å². The number of β-amino-alcohol motifs (C(OH)–C–C–N with tert-alkyl or cyclic N) is 1. The minimum Gasteiger partial charge on any atom is -0.389 e. The maximum absolute atomic E-state index is 9.53. The van der Waals surface area contributed by atoms with E-state index in [1.54, 1.807) is 0 Å². The summed E-state index contributed by atoms with van der Waals surface area (Å²) in [6, 6.07) is 0. The largest absolute Gasteiger partial charge is 0.389 e. The molecule has 0 aromatic carbocycles. The molecule has 3 heterocycles. The standard InChI is InChI=1S/C14H19N5O/c1-18-13-11(6-15-18)14(19-7-10(20)8-19)17-12(16-13)9-4-2-3-5-9/h6,9-10,20H,2-5,7-8H2,1H3. The summed E-state index contributed by atoms with van der Waals surface area (Å²) in [5, 5.41) is 14.8. The van der Waals surface area contributed by atoms with E-state index in [9.17, 15) is 5.11 Å². The molecule has 4 rings (SSSR count). The highest BCUT2D eigenvalue weighted by atomic mass is 16.3. The summed E-state index contributed by atoms with van der Waals surface area (Å²) in [7, 11) is 1.92. The van der Waals surface area contributed by atoms with Crippen LogP contribution in [0.4, 0.5) is 5.82 Å². The SMILES string of the molecule is Cn1ncc2c(N3CC(O)C3)nc(C3CCCC3)nc21. The molecule has 2 aliphatic rings. The van der Waals surface area contributed by atoms with E-state index >= 15 is 0 Å². The smallest absolute Gasteiger partial charge is 0.163 e. The molecule has 1 aliphatic heterocycles. The van der Waals surface area contributed by atoms with Crippen LogP contribution in [0.15, 0.2) is 6.20 Å². The van der Waals surface area contributed by atoms with Crippen LogP contribution in [0.3, 0.4) is 0 Å². The number of hydrogen-bond acceptors (Lipinski definition) is 5. The Balaban J connectivity index is 1.82. The van der Waals surface area contributed by atoms with Gasteiger partial charge in [-0.2, -0.15) is 5.10 Å². The number of hydrogen-bond donors (Lipinski definition) is 1. The highest BCUT2D eigenvalue weighted by Crippen LogP contribution is 2.35. The van der Waals surface area contributed by atoms with Gasteiger partial charge in [-0.05, 0) is 12.8 Å². The number of nitrogens with zero attached hydrogens (tertiary/aromatic N) is 5. The average molecular weight is 273 g/mol. The van der Waals surface area contributed by atoms with Crippen molar-refractivity contribution in [1.82, 2.24) is 19.7 Å². The van der Waals surface area contributed by atoms with E-state index < -0.39 is 0 Å². The molecule has 0 amide bonds. The van der Waals surface area contributed by atoms with Crippen molar-refractivity contribution in [3.8, 4) is 0 Å². The predicted molar refractivity (Wildman–Crippen MR) is 75.7 cm³/mol. The van der Waals surface area contributed by atoms with E-state index in [-0.39, 0.29) is 6.10 Å². The number of aliphatic hydroxyl groups is 1. The van der Waals surface area contributed by atoms with Crippen LogP contribution in [0.25, 0.3) is 11.0 Å². The van der Waals surface area contributed by atoms with Crippen LogP contribution in [0, 0.1) is 0 Å². The van der Waals surface area contributed by atoms with Crippen LogP contribution in [-0.4, -0.2) is 44.0 Å². The van der Waals surface area contributed by atoms with Crippen LogP contribution in [0.5, 0.6) is 0 Å². The quantitative estimate of drug-likeness (QED) is 0.890. The van der Waals surface area contributed by atoms with Gasteiger partial charge in [0.25, 0.3) is 0 Å². The van der Waals surface area contributed by atoms with Gasteiger partial charge in [0.05, 0.1) is 17.7 Å². The summed E-state index contributed by atoms with van der Waals surface area (Å²) in [4.78, 5) is 11.7. The summed E-state index contributed by atoms with van der Waals surface area (Å²) in [5.41, 5.74) is 0.901. The molecule has 0 unspecified atom stereocenters. The third-order valence-electron chi connectivity index (χ3n) is 4.47. The van der Waals surface area contributed by atoms with Crippen LogP contribution in [-0.2, 0) is 7.05 Å². The minimum absolute atomic E-state index is 0.230. The maximum atomic E-state index is 9.53. The minimum atomic E-state index is -0.230. The molecular formula is C14H19N5O. The lowest BCUT2D eigenvalue weighted by atomic mass is 10.1. The van der Waals surface area contributed by atoms with Gasteiger partial charge in [0, 0.05) is 26.1 Å². The molecule has 0 atom stereocenters. The molecule has 1 N–H and O–H groups in total. The van der Waals surface area contributed by atoms with Crippen molar-refractivity contribution in [2.45, 2.75) is 37.7 Å². The fourth-order valence-electron chi connectivity index (χ4n) is 3.26. The lowest BCUT2D eigenvalue weighted by Crippen LogP contribution is -2.51. The van der Waals surface area contributed by atoms with E-state index in [1.807, 2.05) is 17.9 Å². The lowest BCUT2D eigenvalue weighted by Gasteiger charge is -2.37. The molecular weight excluding hydrogens is 254 g/mol. The second kappa shape index (κ2) is 4.41. The molecule has 1 aliphatic carbocycles. The fourth-order valence-corrected chi connectivity index (χ4v) is 3.26. The zero-order valence-electron chi connectivity index (χ0n) is 11.7. The van der Waals surface area contributed by atoms with Gasteiger partial charge >= 0.3 is 0 Å². The monoisotopic (exact) mass is 273 g/mol. The number of aryl methyl sites for hydroxylation is 1. The van der Waals surface area contributed by atoms with Crippen LogP contribution < -0.4 is 4.90 Å². The summed E-state index contributed by atoms with van der Waals surface area (Å²) in [5.74, 6) is 2.38. The zero-order valence-corrected chi connectivity index (χ0v) is 11.7. The molecule has 1 saturated heterocycles. The molecule has 2 fully saturated rings. The molecule has 0 bridgehead atoms. The van der Waals surface area contributed by atoms with Gasteiger partial charge in [0.1, 0.15) is 11.6 Å². The summed E-state index contributed by atoms with van der Waals surface area (Å²) in [6.45, 7) is 1.32. The van der Waals surface area contributed by atoms with Gasteiger partial charge in [0.15, 0.2) is 5.65 Å². The third-order valence-corrected chi connectivity index (χ3v) is 4.47. The Morgan fingerprint density at radius 1 is 1.20 bits per heavy atom. The average Bonchev–Trinajstić information content (AvgIpc) is 3.05. The van der Waals surface area contributed by atoms with E-state index in [1.165, 1.54) is 25.7 Å². The Morgan fingerprint density at radius 2 is 1.95 bits per heavy atom. The first-order valence-electron chi connectivity index (χ1n) is 7.35. The van der Waals surface area contributed by atoms with Crippen molar-refractivity contribution in [3.63, 3.8) is 0 Å². The molecule has 0 radical (unpaired) electrons. The highest BCUT2D eigenvalue weighted by molar-refractivity contribution is 5.87. The molecule has 2 aromatic rings. The van der Waals surface area contributed by atoms with Crippen molar-refractivity contribution in [1.29, 1.82) is 0 Å². The van der Waals surface area contributed by atoms with Gasteiger partial charge in [-0.25, -0.2) is 9.97 Å². The summed E-state index contributed by atoms with van der Waals surface area (Å²) in [6.07, 6.45) is 6.52. The first-order valence-corrected chi connectivity index (χ1v) is 7.35. The van der Waals surface area contributed by atoms with E-state index in [2.05, 4.69) is 10.00 Å². The van der Waals surface area contributed by atoms with Crippen LogP contribution in [0.1, 0.15) is 37.4 Å². The highest BCUT2D eigenvalue weighted by Gasteiger charge is 2.30. The third kappa shape index (κ3) is 1.78. The Hall–Kier alpha value is -1.69. The van der Waals surface area contributed by atoms with Gasteiger partial charge in [0.2, 0.25) is 0 Å². The van der Waals surface area contributed by atoms with Crippen molar-refractivity contribution < 1.29 is 5.11 Å². The molecule has 6 heteroatoms. The van der Waals surface area contributed by atoms with Crippen LogP contribution >= 0.6 is 0 Å². The Labute approximate surface area is 117 Å². The Bertz CT molecular complexity index is 640. The number of aromatic nitrogens is 4. The molecule has 106 valence electrons. The zero-order chi connectivity index (χ0) is 13.7. The van der Waals surface area contributed by atoms with Crippen molar-refractivity contribution in [2.24, 2.45) is 7.05 Å². The number of anilines is 1. The Morgan fingerprint density at radius 3 is 2.65 bits per heavy atom. The first kappa shape index (κ1) is 12.1. The van der Waals surface area contributed by atoms with E-state index in [0.29, 0.717) is 19.0 Å². The molecule has 20 heavy (non-hydrogen) atoms. The Kier molecular flexibility index (Phi) is 2.66. The maximum Gasteiger partial charge on any atom is 0.163 e. The van der Waals surface area contributed by atoms with Gasteiger partial charge < -0.3 is 10.0 Å². The first-order chi connectivity index (χ1) is 9.72. The normalized spacial score (nSPS) is 20.8. The fraction of sp³-hybridized carbons (Fsp3) is 0.643. The van der Waals surface area contributed by atoms with E-state index in [0.717, 1.165) is 22.7 Å². The molecule has 6 nitrogen and oxygen atoms in total. The number of rotatable bonds is 2. The van der Waals surface area contributed by atoms with Crippen LogP contribution in [0.2, 0.25) is 0 Å². The van der Waals surface area contributed by atoms with Gasteiger partial charge in [-0.15, -0.1) is 0 Å². The molecule has 2 aromatic heterocycles. The topological polar surface area (TPSA) is 67.1 Å². The van der Waals surface area contributed by atoms with Gasteiger partial charge in [-0.1, -0.05) is 12.8 Å². The van der Waals surface area contributed by atoms with Crippen molar-refractivity contribution in [2.75, 3.05) is 18.0 Å². The predicted octanol–water partition coefficient (Wildman–Crippen LogP) is 1.20. The summed E-state index contributed by atoms with van der Waals surface area (Å²) >= 11 is 0. The second-order valence-corrected chi connectivity index (χ2v) is 5.95.